The normalized spacial score (nSPS) is 9.79. The quantitative estimate of drug-likeness (QED) is 0.508. The Kier molecular flexibility index (Phi) is 5.25. The first kappa shape index (κ1) is 14.9. The second-order valence-electron chi connectivity index (χ2n) is 3.49. The molecule has 0 aliphatic carbocycles. The SMILES string of the molecule is CCC(=O)OCC(=O)Nc1ccc(Cl)c([N+](=O)[O-])c1. The molecule has 1 amide bonds. The monoisotopic (exact) mass is 286 g/mol. The summed E-state index contributed by atoms with van der Waals surface area (Å²) in [6.07, 6.45) is 0.166. The fourth-order valence-electron chi connectivity index (χ4n) is 1.18. The number of benzene rings is 1. The molecule has 0 fully saturated rings. The first-order valence-electron chi connectivity index (χ1n) is 5.33. The Morgan fingerprint density at radius 1 is 1.47 bits per heavy atom. The number of amides is 1. The highest BCUT2D eigenvalue weighted by atomic mass is 35.5. The Morgan fingerprint density at radius 3 is 2.74 bits per heavy atom. The summed E-state index contributed by atoms with van der Waals surface area (Å²) in [4.78, 5) is 32.3. The Morgan fingerprint density at radius 2 is 2.16 bits per heavy atom. The molecule has 0 aliphatic heterocycles. The van der Waals surface area contributed by atoms with E-state index in [9.17, 15) is 19.7 Å². The number of carbonyl (C=O) groups excluding carboxylic acids is 2. The summed E-state index contributed by atoms with van der Waals surface area (Å²) in [5.41, 5.74) is -0.112. The average molecular weight is 287 g/mol. The summed E-state index contributed by atoms with van der Waals surface area (Å²) in [6, 6.07) is 3.84. The maximum atomic E-state index is 11.4. The first-order valence-corrected chi connectivity index (χ1v) is 5.71. The number of halogens is 1. The predicted molar refractivity (Wildman–Crippen MR) is 68.0 cm³/mol. The number of carbonyl (C=O) groups is 2. The molecular weight excluding hydrogens is 276 g/mol. The maximum absolute atomic E-state index is 11.4. The van der Waals surface area contributed by atoms with Crippen LogP contribution in [0.5, 0.6) is 0 Å². The Hall–Kier alpha value is -2.15. The number of nitro groups is 1. The standard InChI is InChI=1S/C11H11ClN2O5/c1-2-11(16)19-6-10(15)13-7-3-4-8(12)9(5-7)14(17)18/h3-5H,2,6H2,1H3,(H,13,15). The minimum atomic E-state index is -0.658. The summed E-state index contributed by atoms with van der Waals surface area (Å²) >= 11 is 5.63. The van der Waals surface area contributed by atoms with Crippen molar-refractivity contribution < 1.29 is 19.2 Å². The summed E-state index contributed by atoms with van der Waals surface area (Å²) in [5, 5.41) is 13.0. The van der Waals surface area contributed by atoms with Gasteiger partial charge in [-0.05, 0) is 12.1 Å². The van der Waals surface area contributed by atoms with Gasteiger partial charge in [0.05, 0.1) is 4.92 Å². The van der Waals surface area contributed by atoms with E-state index in [-0.39, 0.29) is 22.8 Å². The van der Waals surface area contributed by atoms with Crippen molar-refractivity contribution in [3.05, 3.63) is 33.3 Å². The van der Waals surface area contributed by atoms with Gasteiger partial charge in [-0.25, -0.2) is 0 Å². The molecule has 1 aromatic rings. The fraction of sp³-hybridized carbons (Fsp3) is 0.273. The van der Waals surface area contributed by atoms with Gasteiger partial charge in [0.25, 0.3) is 11.6 Å². The van der Waals surface area contributed by atoms with Gasteiger partial charge < -0.3 is 10.1 Å². The minimum absolute atomic E-state index is 0.0274. The van der Waals surface area contributed by atoms with E-state index in [1.165, 1.54) is 12.1 Å². The van der Waals surface area contributed by atoms with Gasteiger partial charge in [-0.15, -0.1) is 0 Å². The topological polar surface area (TPSA) is 98.5 Å². The van der Waals surface area contributed by atoms with E-state index < -0.39 is 23.4 Å². The summed E-state index contributed by atoms with van der Waals surface area (Å²) < 4.78 is 4.62. The number of nitrogens with zero attached hydrogens (tertiary/aromatic N) is 1. The predicted octanol–water partition coefficient (Wildman–Crippen LogP) is 2.14. The fourth-order valence-corrected chi connectivity index (χ4v) is 1.36. The van der Waals surface area contributed by atoms with E-state index >= 15 is 0 Å². The van der Waals surface area contributed by atoms with Crippen molar-refractivity contribution in [1.82, 2.24) is 0 Å². The zero-order chi connectivity index (χ0) is 14.4. The number of ether oxygens (including phenoxy) is 1. The summed E-state index contributed by atoms with van der Waals surface area (Å²) in [7, 11) is 0. The zero-order valence-electron chi connectivity index (χ0n) is 10.0. The molecule has 0 unspecified atom stereocenters. The Balaban J connectivity index is 2.67. The number of hydrogen-bond acceptors (Lipinski definition) is 5. The molecule has 0 aromatic heterocycles. The van der Waals surface area contributed by atoms with E-state index in [2.05, 4.69) is 10.1 Å². The van der Waals surface area contributed by atoms with Crippen LogP contribution in [0.4, 0.5) is 11.4 Å². The van der Waals surface area contributed by atoms with Crippen LogP contribution >= 0.6 is 11.6 Å². The van der Waals surface area contributed by atoms with E-state index in [0.29, 0.717) is 0 Å². The lowest BCUT2D eigenvalue weighted by Crippen LogP contribution is -2.20. The van der Waals surface area contributed by atoms with Gasteiger partial charge in [0.15, 0.2) is 6.61 Å². The van der Waals surface area contributed by atoms with Gasteiger partial charge in [-0.3, -0.25) is 19.7 Å². The van der Waals surface area contributed by atoms with Crippen molar-refractivity contribution in [3.63, 3.8) is 0 Å². The van der Waals surface area contributed by atoms with Crippen molar-refractivity contribution >= 4 is 34.9 Å². The summed E-state index contributed by atoms with van der Waals surface area (Å²) in [5.74, 6) is -1.09. The van der Waals surface area contributed by atoms with Crippen LogP contribution in [0.25, 0.3) is 0 Å². The third kappa shape index (κ3) is 4.55. The number of rotatable bonds is 5. The molecule has 1 N–H and O–H groups in total. The van der Waals surface area contributed by atoms with Gasteiger partial charge in [0.1, 0.15) is 5.02 Å². The Bertz CT molecular complexity index is 518. The molecule has 1 rings (SSSR count). The number of nitrogens with one attached hydrogen (secondary N) is 1. The van der Waals surface area contributed by atoms with Crippen LogP contribution in [0, 0.1) is 10.1 Å². The lowest BCUT2D eigenvalue weighted by Gasteiger charge is -2.06. The average Bonchev–Trinajstić information content (AvgIpc) is 2.37. The molecule has 102 valence electrons. The van der Waals surface area contributed by atoms with Gasteiger partial charge in [0.2, 0.25) is 0 Å². The maximum Gasteiger partial charge on any atom is 0.306 e. The Labute approximate surface area is 113 Å². The van der Waals surface area contributed by atoms with Crippen LogP contribution in [-0.2, 0) is 14.3 Å². The van der Waals surface area contributed by atoms with Crippen LogP contribution in [0.2, 0.25) is 5.02 Å². The largest absolute Gasteiger partial charge is 0.456 e. The molecule has 0 radical (unpaired) electrons. The van der Waals surface area contributed by atoms with Crippen molar-refractivity contribution in [3.8, 4) is 0 Å². The van der Waals surface area contributed by atoms with Crippen LogP contribution in [0.15, 0.2) is 18.2 Å². The lowest BCUT2D eigenvalue weighted by molar-refractivity contribution is -0.384. The summed E-state index contributed by atoms with van der Waals surface area (Å²) in [6.45, 7) is 1.16. The number of nitro benzene ring substituents is 1. The van der Waals surface area contributed by atoms with Gasteiger partial charge in [-0.2, -0.15) is 0 Å². The molecule has 0 atom stereocenters. The second kappa shape index (κ2) is 6.69. The highest BCUT2D eigenvalue weighted by Gasteiger charge is 2.14. The molecule has 0 aliphatic rings. The van der Waals surface area contributed by atoms with Crippen molar-refractivity contribution in [2.45, 2.75) is 13.3 Å². The molecule has 1 aromatic carbocycles. The van der Waals surface area contributed by atoms with Crippen LogP contribution in [-0.4, -0.2) is 23.4 Å². The molecule has 19 heavy (non-hydrogen) atoms. The van der Waals surface area contributed by atoms with Crippen LogP contribution in [0.3, 0.4) is 0 Å². The van der Waals surface area contributed by atoms with Gasteiger partial charge in [-0.1, -0.05) is 18.5 Å². The third-order valence-electron chi connectivity index (χ3n) is 2.08. The molecule has 7 nitrogen and oxygen atoms in total. The van der Waals surface area contributed by atoms with Crippen LogP contribution < -0.4 is 5.32 Å². The van der Waals surface area contributed by atoms with Crippen molar-refractivity contribution in [2.75, 3.05) is 11.9 Å². The van der Waals surface area contributed by atoms with Crippen molar-refractivity contribution in [2.24, 2.45) is 0 Å². The van der Waals surface area contributed by atoms with Gasteiger partial charge >= 0.3 is 5.97 Å². The van der Waals surface area contributed by atoms with Crippen LogP contribution in [0.1, 0.15) is 13.3 Å². The third-order valence-corrected chi connectivity index (χ3v) is 2.40. The highest BCUT2D eigenvalue weighted by Crippen LogP contribution is 2.27. The number of anilines is 1. The van der Waals surface area contributed by atoms with E-state index in [1.54, 1.807) is 6.92 Å². The molecule has 0 spiro atoms. The number of hydrogen-bond donors (Lipinski definition) is 1. The van der Waals surface area contributed by atoms with E-state index in [1.807, 2.05) is 0 Å². The molecule has 0 saturated carbocycles. The zero-order valence-corrected chi connectivity index (χ0v) is 10.8. The smallest absolute Gasteiger partial charge is 0.306 e. The molecule has 0 bridgehead atoms. The molecule has 0 heterocycles. The first-order chi connectivity index (χ1) is 8.93. The molecule has 8 heteroatoms. The minimum Gasteiger partial charge on any atom is -0.456 e. The van der Waals surface area contributed by atoms with Crippen molar-refractivity contribution in [1.29, 1.82) is 0 Å². The molecular formula is C11H11ClN2O5. The molecule has 0 saturated heterocycles. The van der Waals surface area contributed by atoms with Gasteiger partial charge in [0, 0.05) is 18.2 Å². The number of esters is 1. The lowest BCUT2D eigenvalue weighted by atomic mass is 10.3. The van der Waals surface area contributed by atoms with E-state index in [4.69, 9.17) is 11.6 Å². The highest BCUT2D eigenvalue weighted by molar-refractivity contribution is 6.32. The van der Waals surface area contributed by atoms with E-state index in [0.717, 1.165) is 6.07 Å². The second-order valence-corrected chi connectivity index (χ2v) is 3.89.